The van der Waals surface area contributed by atoms with E-state index in [-0.39, 0.29) is 18.4 Å². The number of hydrogen-bond donors (Lipinski definition) is 3. The van der Waals surface area contributed by atoms with Crippen LogP contribution in [0.4, 0.5) is 5.69 Å². The van der Waals surface area contributed by atoms with Gasteiger partial charge in [0.05, 0.1) is 42.4 Å². The zero-order valence-corrected chi connectivity index (χ0v) is 20.6. The minimum atomic E-state index is -3.76. The van der Waals surface area contributed by atoms with E-state index in [2.05, 4.69) is 26.3 Å². The van der Waals surface area contributed by atoms with Gasteiger partial charge < -0.3 is 15.5 Å². The van der Waals surface area contributed by atoms with Crippen LogP contribution in [0.25, 0.3) is 16.6 Å². The molecule has 0 saturated heterocycles. The highest BCUT2D eigenvalue weighted by Gasteiger charge is 2.33. The number of amides is 1. The number of sulfonamides is 1. The number of rotatable bonds is 8. The first kappa shape index (κ1) is 23.7. The molecule has 1 heterocycles. The minimum Gasteiger partial charge on any atom is -0.394 e. The van der Waals surface area contributed by atoms with Crippen molar-refractivity contribution < 1.29 is 23.4 Å². The second-order valence-electron chi connectivity index (χ2n) is 8.15. The van der Waals surface area contributed by atoms with Crippen molar-refractivity contribution in [2.24, 2.45) is 0 Å². The first-order valence-electron chi connectivity index (χ1n) is 10.5. The first-order chi connectivity index (χ1) is 15.6. The van der Waals surface area contributed by atoms with E-state index in [4.69, 9.17) is 0 Å². The normalized spacial score (nSPS) is 14.9. The maximum atomic E-state index is 12.9. The van der Waals surface area contributed by atoms with Gasteiger partial charge in [0.25, 0.3) is 5.91 Å². The second-order valence-corrected chi connectivity index (χ2v) is 11.0. The Labute approximate surface area is 200 Å². The molecule has 0 bridgehead atoms. The van der Waals surface area contributed by atoms with E-state index in [1.165, 1.54) is 0 Å². The molecule has 0 spiro atoms. The number of benzene rings is 2. The first-order valence-corrected chi connectivity index (χ1v) is 13.1. The van der Waals surface area contributed by atoms with E-state index in [1.54, 1.807) is 17.8 Å². The zero-order chi connectivity index (χ0) is 23.9. The lowest BCUT2D eigenvalue weighted by Crippen LogP contribution is -2.38. The van der Waals surface area contributed by atoms with Crippen LogP contribution >= 0.6 is 15.9 Å². The van der Waals surface area contributed by atoms with Gasteiger partial charge in [-0.2, -0.15) is 5.10 Å². The van der Waals surface area contributed by atoms with Crippen molar-refractivity contribution >= 4 is 48.5 Å². The van der Waals surface area contributed by atoms with Crippen LogP contribution in [0.15, 0.2) is 40.9 Å². The topological polar surface area (TPSA) is 125 Å². The number of anilines is 1. The number of aromatic nitrogens is 2. The third kappa shape index (κ3) is 4.77. The van der Waals surface area contributed by atoms with Gasteiger partial charge in [-0.25, -0.2) is 13.1 Å². The van der Waals surface area contributed by atoms with E-state index in [0.29, 0.717) is 28.0 Å². The molecule has 0 unspecified atom stereocenters. The van der Waals surface area contributed by atoms with Crippen molar-refractivity contribution in [3.8, 4) is 5.69 Å². The quantitative estimate of drug-likeness (QED) is 0.405. The molecule has 176 valence electrons. The fraction of sp³-hybridized carbons (Fsp3) is 0.364. The van der Waals surface area contributed by atoms with Crippen molar-refractivity contribution in [3.63, 3.8) is 0 Å². The molecule has 1 amide bonds. The lowest BCUT2D eigenvalue weighted by molar-refractivity contribution is 0.0957. The molecule has 4 rings (SSSR count). The van der Waals surface area contributed by atoms with Crippen LogP contribution in [0.5, 0.6) is 0 Å². The van der Waals surface area contributed by atoms with Crippen LogP contribution in [0, 0.1) is 0 Å². The molecule has 1 aliphatic carbocycles. The molecule has 0 radical (unpaired) electrons. The second kappa shape index (κ2) is 9.05. The van der Waals surface area contributed by atoms with Gasteiger partial charge in [0.1, 0.15) is 5.69 Å². The molecule has 0 aliphatic heterocycles. The SMILES string of the molecule is CNC(=O)c1c2cc(C3CC3)c(N(C[C@H](O)CO)S(C)(=O)=O)cc2nn1-c1ccc(Br)cc1. The summed E-state index contributed by atoms with van der Waals surface area (Å²) in [6.07, 6.45) is 1.63. The Kier molecular flexibility index (Phi) is 6.50. The maximum absolute atomic E-state index is 12.9. The number of aliphatic hydroxyl groups excluding tert-OH is 2. The van der Waals surface area contributed by atoms with E-state index >= 15 is 0 Å². The van der Waals surface area contributed by atoms with E-state index in [1.807, 2.05) is 30.3 Å². The van der Waals surface area contributed by atoms with Crippen molar-refractivity contribution in [2.75, 3.05) is 30.8 Å². The summed E-state index contributed by atoms with van der Waals surface area (Å²) in [7, 11) is -2.21. The van der Waals surface area contributed by atoms with Crippen LogP contribution in [0.2, 0.25) is 0 Å². The van der Waals surface area contributed by atoms with Gasteiger partial charge in [0, 0.05) is 16.9 Å². The Bertz CT molecular complexity index is 1300. The highest BCUT2D eigenvalue weighted by atomic mass is 79.9. The molecule has 1 atom stereocenters. The third-order valence-electron chi connectivity index (χ3n) is 5.61. The van der Waals surface area contributed by atoms with Crippen molar-refractivity contribution in [2.45, 2.75) is 24.9 Å². The number of halogens is 1. The van der Waals surface area contributed by atoms with E-state index in [0.717, 1.165) is 33.4 Å². The summed E-state index contributed by atoms with van der Waals surface area (Å²) in [5, 5.41) is 27.2. The average Bonchev–Trinajstić information content (AvgIpc) is 3.56. The Morgan fingerprint density at radius 2 is 1.97 bits per heavy atom. The lowest BCUT2D eigenvalue weighted by Gasteiger charge is -2.26. The number of aliphatic hydroxyl groups is 2. The van der Waals surface area contributed by atoms with Crippen molar-refractivity contribution in [1.82, 2.24) is 15.1 Å². The number of carbonyl (C=O) groups excluding carboxylic acids is 1. The highest BCUT2D eigenvalue weighted by molar-refractivity contribution is 9.10. The summed E-state index contributed by atoms with van der Waals surface area (Å²) < 4.78 is 28.8. The lowest BCUT2D eigenvalue weighted by atomic mass is 10.0. The molecule has 1 fully saturated rings. The number of hydrogen-bond acceptors (Lipinski definition) is 6. The Hall–Kier alpha value is -2.47. The highest BCUT2D eigenvalue weighted by Crippen LogP contribution is 2.46. The fourth-order valence-corrected chi connectivity index (χ4v) is 5.07. The molecule has 1 saturated carbocycles. The summed E-state index contributed by atoms with van der Waals surface area (Å²) in [5.74, 6) is -0.168. The third-order valence-corrected chi connectivity index (χ3v) is 7.28. The molecular weight excluding hydrogens is 512 g/mol. The number of nitrogens with zero attached hydrogens (tertiary/aromatic N) is 3. The molecule has 33 heavy (non-hydrogen) atoms. The summed E-state index contributed by atoms with van der Waals surface area (Å²) in [6.45, 7) is -0.845. The minimum absolute atomic E-state index is 0.147. The van der Waals surface area contributed by atoms with Gasteiger partial charge >= 0.3 is 0 Å². The predicted molar refractivity (Wildman–Crippen MR) is 129 cm³/mol. The monoisotopic (exact) mass is 536 g/mol. The summed E-state index contributed by atoms with van der Waals surface area (Å²) in [5.41, 5.74) is 2.66. The van der Waals surface area contributed by atoms with Crippen LogP contribution in [0.3, 0.4) is 0 Å². The molecule has 11 heteroatoms. The van der Waals surface area contributed by atoms with E-state index < -0.39 is 22.7 Å². The Balaban J connectivity index is 1.97. The molecule has 3 aromatic rings. The van der Waals surface area contributed by atoms with Gasteiger partial charge in [-0.15, -0.1) is 0 Å². The number of carbonyl (C=O) groups is 1. The number of nitrogens with one attached hydrogen (secondary N) is 1. The van der Waals surface area contributed by atoms with Gasteiger partial charge in [-0.3, -0.25) is 9.10 Å². The molecule has 2 aromatic carbocycles. The van der Waals surface area contributed by atoms with Gasteiger partial charge in [0.2, 0.25) is 10.0 Å². The largest absolute Gasteiger partial charge is 0.394 e. The van der Waals surface area contributed by atoms with Gasteiger partial charge in [0.15, 0.2) is 0 Å². The zero-order valence-electron chi connectivity index (χ0n) is 18.2. The Morgan fingerprint density at radius 1 is 1.30 bits per heavy atom. The number of fused-ring (bicyclic) bond motifs is 1. The van der Waals surface area contributed by atoms with Crippen LogP contribution < -0.4 is 9.62 Å². The van der Waals surface area contributed by atoms with Crippen LogP contribution in [0.1, 0.15) is 34.8 Å². The summed E-state index contributed by atoms with van der Waals surface area (Å²) in [6, 6.07) is 10.8. The van der Waals surface area contributed by atoms with Crippen LogP contribution in [-0.2, 0) is 10.0 Å². The molecular formula is C22H25BrN4O5S. The van der Waals surface area contributed by atoms with Crippen molar-refractivity contribution in [3.05, 3.63) is 52.1 Å². The van der Waals surface area contributed by atoms with Gasteiger partial charge in [-0.05, 0) is 60.7 Å². The molecule has 1 aromatic heterocycles. The van der Waals surface area contributed by atoms with Crippen LogP contribution in [-0.4, -0.2) is 66.9 Å². The van der Waals surface area contributed by atoms with E-state index in [9.17, 15) is 23.4 Å². The molecule has 9 nitrogen and oxygen atoms in total. The average molecular weight is 537 g/mol. The fourth-order valence-electron chi connectivity index (χ4n) is 3.84. The van der Waals surface area contributed by atoms with Crippen molar-refractivity contribution in [1.29, 1.82) is 0 Å². The predicted octanol–water partition coefficient (Wildman–Crippen LogP) is 2.14. The standard InChI is InChI=1S/C22H25BrN4O5S/c1-24-22(30)21-18-9-17(13-3-4-13)20(26(33(2,31)32)11-16(29)12-28)10-19(18)25-27(21)15-7-5-14(23)6-8-15/h5-10,13,16,28-29H,3-4,11-12H2,1-2H3,(H,24,30)/t16-/m0/s1. The summed E-state index contributed by atoms with van der Waals surface area (Å²) in [4.78, 5) is 12.9. The van der Waals surface area contributed by atoms with Gasteiger partial charge in [-0.1, -0.05) is 15.9 Å². The molecule has 1 aliphatic rings. The smallest absolute Gasteiger partial charge is 0.270 e. The molecule has 3 N–H and O–H groups in total. The summed E-state index contributed by atoms with van der Waals surface area (Å²) >= 11 is 3.41. The maximum Gasteiger partial charge on any atom is 0.270 e. The Morgan fingerprint density at radius 3 is 2.52 bits per heavy atom.